The summed E-state index contributed by atoms with van der Waals surface area (Å²) in [6.45, 7) is 1.62. The molecule has 0 unspecified atom stereocenters. The minimum atomic E-state index is -0.597. The molecule has 0 aromatic heterocycles. The number of nitrogens with zero attached hydrogens (tertiary/aromatic N) is 2. The second-order valence-electron chi connectivity index (χ2n) is 5.19. The molecule has 24 heavy (non-hydrogen) atoms. The second kappa shape index (κ2) is 7.04. The molecule has 0 saturated carbocycles. The van der Waals surface area contributed by atoms with E-state index >= 15 is 0 Å². The zero-order chi connectivity index (χ0) is 16.9. The topological polar surface area (TPSA) is 60.4 Å². The van der Waals surface area contributed by atoms with Crippen molar-refractivity contribution in [2.24, 2.45) is 5.10 Å². The number of hydrazone groups is 1. The first kappa shape index (κ1) is 15.9. The Labute approximate surface area is 140 Å². The Balaban J connectivity index is 1.67. The Hall–Kier alpha value is -3.02. The van der Waals surface area contributed by atoms with Gasteiger partial charge in [0, 0.05) is 12.5 Å². The molecule has 1 heterocycles. The summed E-state index contributed by atoms with van der Waals surface area (Å²) in [5, 5.41) is 5.55. The van der Waals surface area contributed by atoms with Gasteiger partial charge in [0.25, 0.3) is 0 Å². The first-order chi connectivity index (χ1) is 11.7. The number of hydrogen-bond donors (Lipinski definition) is 0. The molecule has 1 atom stereocenters. The van der Waals surface area contributed by atoms with Gasteiger partial charge in [0.2, 0.25) is 18.0 Å². The van der Waals surface area contributed by atoms with Gasteiger partial charge in [0.05, 0.1) is 7.11 Å². The van der Waals surface area contributed by atoms with Crippen molar-refractivity contribution in [3.63, 3.8) is 0 Å². The molecule has 6 nitrogen and oxygen atoms in total. The van der Waals surface area contributed by atoms with Gasteiger partial charge in [-0.1, -0.05) is 18.2 Å². The third-order valence-electron chi connectivity index (χ3n) is 3.51. The van der Waals surface area contributed by atoms with Crippen LogP contribution in [0.1, 0.15) is 12.5 Å². The molecule has 1 amide bonds. The third-order valence-corrected chi connectivity index (χ3v) is 3.51. The van der Waals surface area contributed by atoms with E-state index in [0.717, 1.165) is 11.3 Å². The smallest absolute Gasteiger partial charge is 0.243 e. The van der Waals surface area contributed by atoms with Crippen LogP contribution in [0.3, 0.4) is 0 Å². The van der Waals surface area contributed by atoms with E-state index < -0.39 is 6.23 Å². The van der Waals surface area contributed by atoms with Crippen LogP contribution >= 0.6 is 0 Å². The summed E-state index contributed by atoms with van der Waals surface area (Å²) < 4.78 is 16.6. The Morgan fingerprint density at radius 1 is 1.12 bits per heavy atom. The highest BCUT2D eigenvalue weighted by Gasteiger charge is 2.32. The van der Waals surface area contributed by atoms with Crippen molar-refractivity contribution in [2.45, 2.75) is 13.2 Å². The molecule has 0 bridgehead atoms. The van der Waals surface area contributed by atoms with Crippen molar-refractivity contribution in [2.75, 3.05) is 13.7 Å². The van der Waals surface area contributed by atoms with Crippen LogP contribution in [0, 0.1) is 0 Å². The van der Waals surface area contributed by atoms with Crippen LogP contribution in [0.5, 0.6) is 11.5 Å². The molecule has 2 aromatic rings. The summed E-state index contributed by atoms with van der Waals surface area (Å²) in [7, 11) is 1.61. The van der Waals surface area contributed by atoms with Gasteiger partial charge in [-0.15, -0.1) is 5.10 Å². The highest BCUT2D eigenvalue weighted by molar-refractivity contribution is 5.96. The molecule has 0 fully saturated rings. The lowest BCUT2D eigenvalue weighted by atomic mass is 10.2. The van der Waals surface area contributed by atoms with Gasteiger partial charge < -0.3 is 14.2 Å². The fraction of sp³-hybridized carbons (Fsp3) is 0.222. The lowest BCUT2D eigenvalue weighted by Gasteiger charge is -2.19. The zero-order valence-electron chi connectivity index (χ0n) is 13.5. The van der Waals surface area contributed by atoms with Crippen LogP contribution in [-0.4, -0.2) is 36.8 Å². The fourth-order valence-electron chi connectivity index (χ4n) is 2.29. The fourth-order valence-corrected chi connectivity index (χ4v) is 2.29. The van der Waals surface area contributed by atoms with Crippen LogP contribution < -0.4 is 9.47 Å². The summed E-state index contributed by atoms with van der Waals surface area (Å²) in [6, 6.07) is 16.6. The van der Waals surface area contributed by atoms with E-state index in [1.165, 1.54) is 11.9 Å². The Morgan fingerprint density at radius 3 is 2.42 bits per heavy atom. The molecule has 0 spiro atoms. The van der Waals surface area contributed by atoms with Gasteiger partial charge in [-0.3, -0.25) is 4.79 Å². The van der Waals surface area contributed by atoms with Crippen LogP contribution in [0.4, 0.5) is 0 Å². The zero-order valence-corrected chi connectivity index (χ0v) is 13.5. The number of methoxy groups -OCH3 is 1. The highest BCUT2D eigenvalue weighted by Crippen LogP contribution is 2.21. The number of amides is 1. The number of carbonyl (C=O) groups excluding carboxylic acids is 1. The van der Waals surface area contributed by atoms with Crippen molar-refractivity contribution in [1.82, 2.24) is 5.01 Å². The van der Waals surface area contributed by atoms with Crippen molar-refractivity contribution in [1.29, 1.82) is 0 Å². The van der Waals surface area contributed by atoms with Crippen LogP contribution in [0.25, 0.3) is 0 Å². The van der Waals surface area contributed by atoms with E-state index in [4.69, 9.17) is 14.2 Å². The maximum Gasteiger partial charge on any atom is 0.243 e. The molecule has 1 aliphatic rings. The van der Waals surface area contributed by atoms with Crippen molar-refractivity contribution >= 4 is 11.8 Å². The summed E-state index contributed by atoms with van der Waals surface area (Å²) in [5.74, 6) is 1.62. The van der Waals surface area contributed by atoms with Gasteiger partial charge in [-0.2, -0.15) is 5.01 Å². The van der Waals surface area contributed by atoms with Crippen LogP contribution in [-0.2, 0) is 9.53 Å². The molecule has 0 radical (unpaired) electrons. The minimum Gasteiger partial charge on any atom is -0.497 e. The highest BCUT2D eigenvalue weighted by atomic mass is 16.6. The van der Waals surface area contributed by atoms with Crippen LogP contribution in [0.2, 0.25) is 0 Å². The average molecular weight is 326 g/mol. The summed E-state index contributed by atoms with van der Waals surface area (Å²) in [5.41, 5.74) is 0.815. The predicted molar refractivity (Wildman–Crippen MR) is 88.9 cm³/mol. The molecular formula is C18H18N2O4. The lowest BCUT2D eigenvalue weighted by molar-refractivity contribution is -0.136. The van der Waals surface area contributed by atoms with Crippen molar-refractivity contribution in [3.8, 4) is 11.5 Å². The van der Waals surface area contributed by atoms with Crippen LogP contribution in [0.15, 0.2) is 59.7 Å². The summed E-state index contributed by atoms with van der Waals surface area (Å²) >= 11 is 0. The van der Waals surface area contributed by atoms with Gasteiger partial charge in [0.1, 0.15) is 18.1 Å². The number of carbonyl (C=O) groups is 1. The maximum absolute atomic E-state index is 11.8. The third kappa shape index (κ3) is 3.48. The van der Waals surface area contributed by atoms with E-state index in [0.29, 0.717) is 11.6 Å². The largest absolute Gasteiger partial charge is 0.497 e. The van der Waals surface area contributed by atoms with Gasteiger partial charge in [0.15, 0.2) is 0 Å². The maximum atomic E-state index is 11.8. The predicted octanol–water partition coefficient (Wildman–Crippen LogP) is 2.64. The van der Waals surface area contributed by atoms with Gasteiger partial charge in [-0.05, 0) is 36.4 Å². The Kier molecular flexibility index (Phi) is 4.65. The molecular weight excluding hydrogens is 308 g/mol. The van der Waals surface area contributed by atoms with Gasteiger partial charge >= 0.3 is 0 Å². The van der Waals surface area contributed by atoms with E-state index in [-0.39, 0.29) is 12.5 Å². The molecule has 2 aromatic carbocycles. The molecule has 6 heteroatoms. The number of rotatable bonds is 5. The molecule has 0 N–H and O–H groups in total. The molecule has 0 aliphatic carbocycles. The van der Waals surface area contributed by atoms with E-state index in [1.807, 2.05) is 30.3 Å². The monoisotopic (exact) mass is 326 g/mol. The second-order valence-corrected chi connectivity index (χ2v) is 5.19. The quantitative estimate of drug-likeness (QED) is 0.847. The number of hydrogen-bond acceptors (Lipinski definition) is 5. The van der Waals surface area contributed by atoms with Crippen molar-refractivity contribution < 1.29 is 19.0 Å². The first-order valence-corrected chi connectivity index (χ1v) is 7.54. The normalized spacial score (nSPS) is 16.3. The minimum absolute atomic E-state index is 0.172. The lowest BCUT2D eigenvalue weighted by Crippen LogP contribution is -2.36. The summed E-state index contributed by atoms with van der Waals surface area (Å²) in [6.07, 6.45) is -0.597. The van der Waals surface area contributed by atoms with Crippen molar-refractivity contribution in [3.05, 3.63) is 60.2 Å². The SMILES string of the molecule is COc1ccc(OC[C@H]2OC(c3ccccc3)=NN2C(C)=O)cc1. The van der Waals surface area contributed by atoms with Gasteiger partial charge in [-0.25, -0.2) is 0 Å². The van der Waals surface area contributed by atoms with E-state index in [2.05, 4.69) is 5.10 Å². The molecule has 1 aliphatic heterocycles. The standard InChI is InChI=1S/C18H18N2O4/c1-13(21)20-17(12-23-16-10-8-15(22-2)9-11-16)24-18(19-20)14-6-4-3-5-7-14/h3-11,17H,12H2,1-2H3/t17-/m1/s1. The number of ether oxygens (including phenoxy) is 3. The first-order valence-electron chi connectivity index (χ1n) is 7.54. The van der Waals surface area contributed by atoms with E-state index in [9.17, 15) is 4.79 Å². The average Bonchev–Trinajstić information content (AvgIpc) is 3.06. The Morgan fingerprint density at radius 2 is 1.79 bits per heavy atom. The number of benzene rings is 2. The Bertz CT molecular complexity index is 728. The molecule has 0 saturated heterocycles. The molecule has 3 rings (SSSR count). The molecule has 124 valence electrons. The summed E-state index contributed by atoms with van der Waals surface area (Å²) in [4.78, 5) is 11.8. The van der Waals surface area contributed by atoms with E-state index in [1.54, 1.807) is 31.4 Å².